The Kier molecular flexibility index (Phi) is 5.69. The second-order valence-electron chi connectivity index (χ2n) is 8.46. The van der Waals surface area contributed by atoms with Crippen LogP contribution < -0.4 is 4.90 Å². The van der Waals surface area contributed by atoms with E-state index in [9.17, 15) is 4.79 Å². The van der Waals surface area contributed by atoms with Gasteiger partial charge in [-0.2, -0.15) is 0 Å². The van der Waals surface area contributed by atoms with Crippen LogP contribution in [0.4, 0.5) is 5.69 Å². The summed E-state index contributed by atoms with van der Waals surface area (Å²) in [6.07, 6.45) is 1.88. The normalized spacial score (nSPS) is 14.0. The summed E-state index contributed by atoms with van der Waals surface area (Å²) < 4.78 is 7.77. The smallest absolute Gasteiger partial charge is 0.264 e. The monoisotopic (exact) mass is 441 g/mol. The molecule has 33 heavy (non-hydrogen) atoms. The summed E-state index contributed by atoms with van der Waals surface area (Å²) in [5, 5.41) is 8.38. The third-order valence-corrected chi connectivity index (χ3v) is 6.14. The average molecular weight is 442 g/mol. The third-order valence-electron chi connectivity index (χ3n) is 6.14. The molecule has 0 atom stereocenters. The fourth-order valence-corrected chi connectivity index (χ4v) is 4.27. The van der Waals surface area contributed by atoms with Crippen molar-refractivity contribution in [3.05, 3.63) is 78.0 Å². The highest BCUT2D eigenvalue weighted by molar-refractivity contribution is 5.77. The lowest BCUT2D eigenvalue weighted by Crippen LogP contribution is -2.49. The van der Waals surface area contributed by atoms with Crippen LogP contribution in [-0.2, 0) is 11.3 Å². The lowest BCUT2D eigenvalue weighted by molar-refractivity contribution is -0.132. The molecule has 0 saturated carbocycles. The van der Waals surface area contributed by atoms with Crippen molar-refractivity contribution in [1.29, 1.82) is 0 Å². The van der Waals surface area contributed by atoms with Gasteiger partial charge in [-0.15, -0.1) is 10.2 Å². The van der Waals surface area contributed by atoms with Crippen LogP contribution in [0.15, 0.2) is 71.3 Å². The van der Waals surface area contributed by atoms with E-state index in [0.29, 0.717) is 24.9 Å². The van der Waals surface area contributed by atoms with Crippen molar-refractivity contribution in [1.82, 2.24) is 19.7 Å². The molecule has 1 fully saturated rings. The molecule has 1 aliphatic heterocycles. The number of carbonyl (C=O) groups excluding carboxylic acids is 1. The SMILES string of the molecule is Cc1ccc(C)c(N2CCN(C(=O)Cn3cccc3-c3nnc(-c4ccccc4)o3)CC2)c1. The molecule has 2 aromatic heterocycles. The number of hydrogen-bond donors (Lipinski definition) is 0. The molecule has 0 bridgehead atoms. The zero-order valence-electron chi connectivity index (χ0n) is 18.9. The van der Waals surface area contributed by atoms with Crippen LogP contribution in [0.3, 0.4) is 0 Å². The van der Waals surface area contributed by atoms with Gasteiger partial charge in [0.15, 0.2) is 0 Å². The molecular formula is C26H27N5O2. The summed E-state index contributed by atoms with van der Waals surface area (Å²) in [6.45, 7) is 7.58. The van der Waals surface area contributed by atoms with Gasteiger partial charge in [0, 0.05) is 43.6 Å². The van der Waals surface area contributed by atoms with Crippen molar-refractivity contribution < 1.29 is 9.21 Å². The molecule has 5 rings (SSSR count). The fourth-order valence-electron chi connectivity index (χ4n) is 4.27. The second kappa shape index (κ2) is 8.94. The summed E-state index contributed by atoms with van der Waals surface area (Å²) in [4.78, 5) is 17.4. The average Bonchev–Trinajstić information content (AvgIpc) is 3.51. The maximum atomic E-state index is 13.1. The van der Waals surface area contributed by atoms with Crippen LogP contribution in [0.1, 0.15) is 11.1 Å². The van der Waals surface area contributed by atoms with Gasteiger partial charge in [-0.3, -0.25) is 4.79 Å². The topological polar surface area (TPSA) is 67.4 Å². The van der Waals surface area contributed by atoms with E-state index in [1.807, 2.05) is 58.1 Å². The van der Waals surface area contributed by atoms with E-state index in [-0.39, 0.29) is 12.5 Å². The summed E-state index contributed by atoms with van der Waals surface area (Å²) in [7, 11) is 0. The van der Waals surface area contributed by atoms with Gasteiger partial charge >= 0.3 is 0 Å². The maximum absolute atomic E-state index is 13.1. The second-order valence-corrected chi connectivity index (χ2v) is 8.46. The third kappa shape index (κ3) is 4.39. The number of aryl methyl sites for hydroxylation is 2. The number of piperazine rings is 1. The van der Waals surface area contributed by atoms with Crippen molar-refractivity contribution in [2.24, 2.45) is 0 Å². The van der Waals surface area contributed by atoms with Gasteiger partial charge in [-0.1, -0.05) is 30.3 Å². The molecule has 3 heterocycles. The van der Waals surface area contributed by atoms with Crippen LogP contribution >= 0.6 is 0 Å². The van der Waals surface area contributed by atoms with Gasteiger partial charge in [0.1, 0.15) is 12.2 Å². The van der Waals surface area contributed by atoms with Gasteiger partial charge in [0.25, 0.3) is 5.89 Å². The minimum absolute atomic E-state index is 0.0934. The van der Waals surface area contributed by atoms with Crippen molar-refractivity contribution >= 4 is 11.6 Å². The van der Waals surface area contributed by atoms with E-state index in [2.05, 4.69) is 47.1 Å². The van der Waals surface area contributed by atoms with Crippen molar-refractivity contribution in [2.45, 2.75) is 20.4 Å². The van der Waals surface area contributed by atoms with E-state index in [1.54, 1.807) is 0 Å². The lowest BCUT2D eigenvalue weighted by Gasteiger charge is -2.37. The lowest BCUT2D eigenvalue weighted by atomic mass is 10.1. The molecule has 1 aliphatic rings. The van der Waals surface area contributed by atoms with E-state index in [1.165, 1.54) is 16.8 Å². The Hall–Kier alpha value is -3.87. The molecule has 0 spiro atoms. The van der Waals surface area contributed by atoms with E-state index in [0.717, 1.165) is 24.3 Å². The molecule has 0 N–H and O–H groups in total. The Balaban J connectivity index is 1.25. The molecule has 1 saturated heterocycles. The molecule has 0 aliphatic carbocycles. The van der Waals surface area contributed by atoms with Gasteiger partial charge in [0.05, 0.1) is 0 Å². The molecule has 168 valence electrons. The Bertz CT molecular complexity index is 1250. The standard InChI is InChI=1S/C26H27N5O2/c1-19-10-11-20(2)23(17-19)29-13-15-30(16-14-29)24(32)18-31-12-6-9-22(31)26-28-27-25(33-26)21-7-4-3-5-8-21/h3-12,17H,13-16,18H2,1-2H3. The molecule has 0 radical (unpaired) electrons. The zero-order chi connectivity index (χ0) is 22.8. The van der Waals surface area contributed by atoms with Gasteiger partial charge < -0.3 is 18.8 Å². The van der Waals surface area contributed by atoms with E-state index >= 15 is 0 Å². The minimum Gasteiger partial charge on any atom is -0.415 e. The van der Waals surface area contributed by atoms with Crippen LogP contribution in [0.5, 0.6) is 0 Å². The Labute approximate surface area is 193 Å². The molecule has 7 heteroatoms. The van der Waals surface area contributed by atoms with Crippen LogP contribution in [0.2, 0.25) is 0 Å². The summed E-state index contributed by atoms with van der Waals surface area (Å²) in [6, 6.07) is 20.0. The number of carbonyl (C=O) groups is 1. The number of amides is 1. The molecule has 7 nitrogen and oxygen atoms in total. The quantitative estimate of drug-likeness (QED) is 0.465. The van der Waals surface area contributed by atoms with Gasteiger partial charge in [-0.25, -0.2) is 0 Å². The van der Waals surface area contributed by atoms with Crippen molar-refractivity contribution in [3.63, 3.8) is 0 Å². The number of aromatic nitrogens is 3. The van der Waals surface area contributed by atoms with Crippen LogP contribution in [0.25, 0.3) is 23.0 Å². The number of rotatable bonds is 5. The number of anilines is 1. The van der Waals surface area contributed by atoms with Gasteiger partial charge in [-0.05, 0) is 55.3 Å². The van der Waals surface area contributed by atoms with Crippen LogP contribution in [-0.4, -0.2) is 51.8 Å². The Morgan fingerprint density at radius 3 is 2.45 bits per heavy atom. The highest BCUT2D eigenvalue weighted by atomic mass is 16.4. The fraction of sp³-hybridized carbons (Fsp3) is 0.269. The van der Waals surface area contributed by atoms with Crippen molar-refractivity contribution in [2.75, 3.05) is 31.1 Å². The summed E-state index contributed by atoms with van der Waals surface area (Å²) in [5.41, 5.74) is 5.40. The van der Waals surface area contributed by atoms with E-state index in [4.69, 9.17) is 4.42 Å². The Morgan fingerprint density at radius 1 is 0.909 bits per heavy atom. The molecular weight excluding hydrogens is 414 g/mol. The molecule has 4 aromatic rings. The highest BCUT2D eigenvalue weighted by Crippen LogP contribution is 2.25. The first-order valence-corrected chi connectivity index (χ1v) is 11.2. The predicted octanol–water partition coefficient (Wildman–Crippen LogP) is 4.17. The zero-order valence-corrected chi connectivity index (χ0v) is 18.9. The minimum atomic E-state index is 0.0934. The molecule has 0 unspecified atom stereocenters. The molecule has 2 aromatic carbocycles. The first-order valence-electron chi connectivity index (χ1n) is 11.2. The number of benzene rings is 2. The van der Waals surface area contributed by atoms with Crippen LogP contribution in [0, 0.1) is 13.8 Å². The van der Waals surface area contributed by atoms with Crippen molar-refractivity contribution in [3.8, 4) is 23.0 Å². The first kappa shape index (κ1) is 21.0. The number of hydrogen-bond acceptors (Lipinski definition) is 5. The van der Waals surface area contributed by atoms with Gasteiger partial charge in [0.2, 0.25) is 11.8 Å². The number of nitrogens with zero attached hydrogens (tertiary/aromatic N) is 5. The first-order chi connectivity index (χ1) is 16.1. The molecule has 1 amide bonds. The highest BCUT2D eigenvalue weighted by Gasteiger charge is 2.23. The maximum Gasteiger partial charge on any atom is 0.264 e. The summed E-state index contributed by atoms with van der Waals surface area (Å²) in [5.74, 6) is 0.967. The largest absolute Gasteiger partial charge is 0.415 e. The van der Waals surface area contributed by atoms with E-state index < -0.39 is 0 Å². The predicted molar refractivity (Wildman–Crippen MR) is 128 cm³/mol. The Morgan fingerprint density at radius 2 is 1.67 bits per heavy atom. The summed E-state index contributed by atoms with van der Waals surface area (Å²) >= 11 is 0.